The van der Waals surface area contributed by atoms with Crippen LogP contribution in [-0.4, -0.2) is 59.6 Å². The van der Waals surface area contributed by atoms with Gasteiger partial charge in [0.1, 0.15) is 5.76 Å². The molecule has 1 fully saturated rings. The van der Waals surface area contributed by atoms with E-state index in [1.165, 1.54) is 0 Å². The molecule has 0 radical (unpaired) electrons. The van der Waals surface area contributed by atoms with Crippen molar-refractivity contribution in [1.82, 2.24) is 14.8 Å². The van der Waals surface area contributed by atoms with E-state index in [4.69, 9.17) is 9.15 Å². The number of nitrogens with zero attached hydrogens (tertiary/aromatic N) is 3. The van der Waals surface area contributed by atoms with Gasteiger partial charge in [-0.1, -0.05) is 0 Å². The monoisotopic (exact) mass is 293 g/mol. The summed E-state index contributed by atoms with van der Waals surface area (Å²) in [6.45, 7) is 7.41. The van der Waals surface area contributed by atoms with Crippen molar-refractivity contribution in [2.24, 2.45) is 0 Å². The third-order valence-electron chi connectivity index (χ3n) is 4.44. The summed E-state index contributed by atoms with van der Waals surface area (Å²) in [6.07, 6.45) is 1.84. The molecule has 0 aliphatic carbocycles. The van der Waals surface area contributed by atoms with Crippen molar-refractivity contribution in [1.29, 1.82) is 0 Å². The first-order valence-electron chi connectivity index (χ1n) is 7.63. The zero-order chi connectivity index (χ0) is 15.0. The van der Waals surface area contributed by atoms with Crippen LogP contribution in [0.2, 0.25) is 0 Å². The quantitative estimate of drug-likeness (QED) is 0.841. The molecule has 1 amide bonds. The minimum atomic E-state index is -0.111. The van der Waals surface area contributed by atoms with E-state index >= 15 is 0 Å². The van der Waals surface area contributed by atoms with Gasteiger partial charge in [-0.05, 0) is 20.3 Å². The summed E-state index contributed by atoms with van der Waals surface area (Å²) in [5, 5.41) is 0. The highest BCUT2D eigenvalue weighted by Crippen LogP contribution is 2.23. The fourth-order valence-corrected chi connectivity index (χ4v) is 2.99. The number of amides is 1. The summed E-state index contributed by atoms with van der Waals surface area (Å²) in [5.74, 6) is 1.00. The van der Waals surface area contributed by atoms with Crippen molar-refractivity contribution in [3.8, 4) is 0 Å². The molecule has 3 rings (SSSR count). The van der Waals surface area contributed by atoms with Crippen molar-refractivity contribution in [2.45, 2.75) is 45.4 Å². The molecule has 0 aromatic carbocycles. The summed E-state index contributed by atoms with van der Waals surface area (Å²) in [6, 6.07) is 0.482. The van der Waals surface area contributed by atoms with Gasteiger partial charge in [0.15, 0.2) is 0 Å². The van der Waals surface area contributed by atoms with Crippen molar-refractivity contribution >= 4 is 5.91 Å². The van der Waals surface area contributed by atoms with Gasteiger partial charge >= 0.3 is 5.91 Å². The lowest BCUT2D eigenvalue weighted by molar-refractivity contribution is 0.0686. The SMILES string of the molecule is COC1CCN(C(=O)c2nc3c(o2)CCN(C(C)C)C3)C1. The molecule has 0 spiro atoms. The van der Waals surface area contributed by atoms with Gasteiger partial charge in [0.05, 0.1) is 11.8 Å². The lowest BCUT2D eigenvalue weighted by Crippen LogP contribution is -2.35. The summed E-state index contributed by atoms with van der Waals surface area (Å²) in [7, 11) is 1.68. The van der Waals surface area contributed by atoms with Crippen LogP contribution in [0.3, 0.4) is 0 Å². The first-order valence-corrected chi connectivity index (χ1v) is 7.63. The third-order valence-corrected chi connectivity index (χ3v) is 4.44. The van der Waals surface area contributed by atoms with Gasteiger partial charge in [0, 0.05) is 45.8 Å². The van der Waals surface area contributed by atoms with Gasteiger partial charge in [-0.25, -0.2) is 4.98 Å². The van der Waals surface area contributed by atoms with Crippen LogP contribution in [0.5, 0.6) is 0 Å². The van der Waals surface area contributed by atoms with Crippen LogP contribution in [0, 0.1) is 0 Å². The summed E-state index contributed by atoms with van der Waals surface area (Å²) in [4.78, 5) is 21.0. The largest absolute Gasteiger partial charge is 0.437 e. The van der Waals surface area contributed by atoms with E-state index in [0.29, 0.717) is 19.1 Å². The molecule has 1 unspecified atom stereocenters. The van der Waals surface area contributed by atoms with Gasteiger partial charge in [0.2, 0.25) is 0 Å². The highest BCUT2D eigenvalue weighted by Gasteiger charge is 2.31. The topological polar surface area (TPSA) is 58.8 Å². The van der Waals surface area contributed by atoms with E-state index in [0.717, 1.165) is 37.4 Å². The lowest BCUT2D eigenvalue weighted by atomic mass is 10.1. The molecule has 6 heteroatoms. The average molecular weight is 293 g/mol. The van der Waals surface area contributed by atoms with Gasteiger partial charge in [-0.2, -0.15) is 0 Å². The number of aromatic nitrogens is 1. The van der Waals surface area contributed by atoms with Crippen molar-refractivity contribution < 1.29 is 13.9 Å². The molecular weight excluding hydrogens is 270 g/mol. The molecule has 0 N–H and O–H groups in total. The Hall–Kier alpha value is -1.40. The summed E-state index contributed by atoms with van der Waals surface area (Å²) in [5.41, 5.74) is 0.917. The second-order valence-corrected chi connectivity index (χ2v) is 6.10. The maximum atomic E-state index is 12.4. The Bertz CT molecular complexity index is 526. The van der Waals surface area contributed by atoms with E-state index in [9.17, 15) is 4.79 Å². The smallest absolute Gasteiger partial charge is 0.309 e. The number of carbonyl (C=O) groups is 1. The average Bonchev–Trinajstić information content (AvgIpc) is 3.11. The second kappa shape index (κ2) is 5.77. The minimum Gasteiger partial charge on any atom is -0.437 e. The molecule has 116 valence electrons. The number of likely N-dealkylation sites (tertiary alicyclic amines) is 1. The summed E-state index contributed by atoms with van der Waals surface area (Å²) < 4.78 is 11.0. The van der Waals surface area contributed by atoms with Crippen molar-refractivity contribution in [3.63, 3.8) is 0 Å². The first-order chi connectivity index (χ1) is 10.1. The normalized spacial score (nSPS) is 22.9. The predicted molar refractivity (Wildman–Crippen MR) is 77.1 cm³/mol. The third kappa shape index (κ3) is 2.82. The number of hydrogen-bond donors (Lipinski definition) is 0. The lowest BCUT2D eigenvalue weighted by Gasteiger charge is -2.28. The molecule has 6 nitrogen and oxygen atoms in total. The maximum Gasteiger partial charge on any atom is 0.309 e. The van der Waals surface area contributed by atoms with Crippen LogP contribution in [0.1, 0.15) is 42.4 Å². The molecule has 1 saturated heterocycles. The van der Waals surface area contributed by atoms with E-state index in [1.807, 2.05) is 0 Å². The van der Waals surface area contributed by atoms with Crippen LogP contribution in [0.25, 0.3) is 0 Å². The van der Waals surface area contributed by atoms with Crippen molar-refractivity contribution in [3.05, 3.63) is 17.3 Å². The molecule has 2 aliphatic heterocycles. The Morgan fingerprint density at radius 3 is 2.90 bits per heavy atom. The number of fused-ring (bicyclic) bond motifs is 1. The molecule has 0 saturated carbocycles. The number of ether oxygens (including phenoxy) is 1. The van der Waals surface area contributed by atoms with Crippen molar-refractivity contribution in [2.75, 3.05) is 26.7 Å². The van der Waals surface area contributed by atoms with E-state index in [2.05, 4.69) is 23.7 Å². The van der Waals surface area contributed by atoms with E-state index in [1.54, 1.807) is 12.0 Å². The summed E-state index contributed by atoms with van der Waals surface area (Å²) >= 11 is 0. The maximum absolute atomic E-state index is 12.4. The molecular formula is C15H23N3O3. The number of rotatable bonds is 3. The fourth-order valence-electron chi connectivity index (χ4n) is 2.99. The van der Waals surface area contributed by atoms with Crippen LogP contribution in [-0.2, 0) is 17.7 Å². The Morgan fingerprint density at radius 2 is 2.24 bits per heavy atom. The Morgan fingerprint density at radius 1 is 1.43 bits per heavy atom. The van der Waals surface area contributed by atoms with Crippen LogP contribution in [0.4, 0.5) is 0 Å². The number of methoxy groups -OCH3 is 1. The van der Waals surface area contributed by atoms with Gasteiger partial charge in [-0.3, -0.25) is 9.69 Å². The molecule has 3 heterocycles. The highest BCUT2D eigenvalue weighted by molar-refractivity contribution is 5.90. The Kier molecular flexibility index (Phi) is 3.99. The minimum absolute atomic E-state index is 0.111. The van der Waals surface area contributed by atoms with Gasteiger partial charge in [-0.15, -0.1) is 0 Å². The van der Waals surface area contributed by atoms with E-state index in [-0.39, 0.29) is 17.9 Å². The highest BCUT2D eigenvalue weighted by atomic mass is 16.5. The van der Waals surface area contributed by atoms with E-state index < -0.39 is 0 Å². The molecule has 2 aliphatic rings. The fraction of sp³-hybridized carbons (Fsp3) is 0.733. The van der Waals surface area contributed by atoms with Crippen LogP contribution < -0.4 is 0 Å². The number of oxazole rings is 1. The number of hydrogen-bond acceptors (Lipinski definition) is 5. The molecule has 0 bridgehead atoms. The zero-order valence-electron chi connectivity index (χ0n) is 13.0. The zero-order valence-corrected chi connectivity index (χ0v) is 13.0. The second-order valence-electron chi connectivity index (χ2n) is 6.10. The molecule has 21 heavy (non-hydrogen) atoms. The Balaban J connectivity index is 1.72. The molecule has 1 atom stereocenters. The first kappa shape index (κ1) is 14.5. The van der Waals surface area contributed by atoms with Gasteiger partial charge < -0.3 is 14.1 Å². The van der Waals surface area contributed by atoms with Crippen LogP contribution >= 0.6 is 0 Å². The van der Waals surface area contributed by atoms with Gasteiger partial charge in [0.25, 0.3) is 5.89 Å². The molecule has 1 aromatic rings. The predicted octanol–water partition coefficient (Wildman–Crippen LogP) is 1.30. The number of carbonyl (C=O) groups excluding carboxylic acids is 1. The van der Waals surface area contributed by atoms with Crippen LogP contribution in [0.15, 0.2) is 4.42 Å². The Labute approximate surface area is 125 Å². The molecule has 1 aromatic heterocycles. The standard InChI is InChI=1S/C15H23N3O3/c1-10(2)17-7-5-13-12(9-17)16-14(21-13)15(19)18-6-4-11(8-18)20-3/h10-11H,4-9H2,1-3H3.